The molecule has 2 amide bonds. The fourth-order valence-corrected chi connectivity index (χ4v) is 3.01. The van der Waals surface area contributed by atoms with Crippen molar-refractivity contribution in [3.05, 3.63) is 28.2 Å². The van der Waals surface area contributed by atoms with Crippen LogP contribution < -0.4 is 10.1 Å². The molecule has 1 aromatic carbocycles. The minimum atomic E-state index is -0.284. The largest absolute Gasteiger partial charge is 0.497 e. The van der Waals surface area contributed by atoms with Crippen molar-refractivity contribution >= 4 is 27.9 Å². The van der Waals surface area contributed by atoms with Crippen molar-refractivity contribution in [1.82, 2.24) is 10.2 Å². The van der Waals surface area contributed by atoms with Gasteiger partial charge in [-0.25, -0.2) is 4.79 Å². The second-order valence-corrected chi connectivity index (χ2v) is 6.31. The molecule has 0 saturated carbocycles. The van der Waals surface area contributed by atoms with Crippen LogP contribution in [0.3, 0.4) is 0 Å². The SMILES string of the molecule is COC(=O)N1CCC(CNC(=O)c2cc(OC)ccc2Br)CC1. The molecule has 1 aromatic rings. The standard InChI is InChI=1S/C16H21BrN2O4/c1-22-12-3-4-14(17)13(9-12)15(20)18-10-11-5-7-19(8-6-11)16(21)23-2/h3-4,9,11H,5-8,10H2,1-2H3,(H,18,20). The van der Waals surface area contributed by atoms with Crippen molar-refractivity contribution in [1.29, 1.82) is 0 Å². The Hall–Kier alpha value is -1.76. The number of nitrogens with zero attached hydrogens (tertiary/aromatic N) is 1. The molecule has 126 valence electrons. The highest BCUT2D eigenvalue weighted by Gasteiger charge is 2.23. The lowest BCUT2D eigenvalue weighted by Gasteiger charge is -2.30. The van der Waals surface area contributed by atoms with Crippen LogP contribution in [0.5, 0.6) is 5.75 Å². The maximum Gasteiger partial charge on any atom is 0.409 e. The number of methoxy groups -OCH3 is 2. The summed E-state index contributed by atoms with van der Waals surface area (Å²) in [6, 6.07) is 5.30. The Morgan fingerprint density at radius 2 is 2.00 bits per heavy atom. The number of halogens is 1. The van der Waals surface area contributed by atoms with Crippen LogP contribution >= 0.6 is 15.9 Å². The number of rotatable bonds is 4. The van der Waals surface area contributed by atoms with Crippen molar-refractivity contribution < 1.29 is 19.1 Å². The third-order valence-electron chi connectivity index (χ3n) is 4.02. The molecule has 1 N–H and O–H groups in total. The Morgan fingerprint density at radius 3 is 2.61 bits per heavy atom. The predicted octanol–water partition coefficient (Wildman–Crippen LogP) is 2.67. The maximum atomic E-state index is 12.3. The molecule has 23 heavy (non-hydrogen) atoms. The Labute approximate surface area is 144 Å². The van der Waals surface area contributed by atoms with Gasteiger partial charge >= 0.3 is 6.09 Å². The van der Waals surface area contributed by atoms with Gasteiger partial charge in [-0.15, -0.1) is 0 Å². The van der Waals surface area contributed by atoms with E-state index in [1.807, 2.05) is 0 Å². The molecule has 6 nitrogen and oxygen atoms in total. The van der Waals surface area contributed by atoms with Crippen LogP contribution in [0.4, 0.5) is 4.79 Å². The number of carbonyl (C=O) groups is 2. The van der Waals surface area contributed by atoms with Crippen molar-refractivity contribution in [3.63, 3.8) is 0 Å². The lowest BCUT2D eigenvalue weighted by molar-refractivity contribution is 0.0913. The third kappa shape index (κ3) is 4.60. The zero-order valence-corrected chi connectivity index (χ0v) is 14.9. The number of benzene rings is 1. The molecule has 0 bridgehead atoms. The summed E-state index contributed by atoms with van der Waals surface area (Å²) in [5, 5.41) is 2.96. The first kappa shape index (κ1) is 17.6. The van der Waals surface area contributed by atoms with Crippen LogP contribution in [0.2, 0.25) is 0 Å². The molecule has 7 heteroatoms. The first-order valence-electron chi connectivity index (χ1n) is 7.49. The van der Waals surface area contributed by atoms with Gasteiger partial charge in [0, 0.05) is 24.1 Å². The van der Waals surface area contributed by atoms with E-state index in [0.717, 1.165) is 17.3 Å². The van der Waals surface area contributed by atoms with Crippen LogP contribution in [0, 0.1) is 5.92 Å². The number of carbonyl (C=O) groups excluding carboxylic acids is 2. The third-order valence-corrected chi connectivity index (χ3v) is 4.71. The Bertz CT molecular complexity index is 571. The van der Waals surface area contributed by atoms with Crippen LogP contribution in [-0.2, 0) is 4.74 Å². The van der Waals surface area contributed by atoms with E-state index in [2.05, 4.69) is 21.2 Å². The molecule has 0 atom stereocenters. The van der Waals surface area contributed by atoms with E-state index in [-0.39, 0.29) is 12.0 Å². The van der Waals surface area contributed by atoms with Gasteiger partial charge in [-0.3, -0.25) is 4.79 Å². The van der Waals surface area contributed by atoms with E-state index in [0.29, 0.717) is 36.9 Å². The Balaban J connectivity index is 1.85. The van der Waals surface area contributed by atoms with Gasteiger partial charge in [0.1, 0.15) is 5.75 Å². The molecule has 0 spiro atoms. The van der Waals surface area contributed by atoms with Crippen molar-refractivity contribution in [2.45, 2.75) is 12.8 Å². The lowest BCUT2D eigenvalue weighted by atomic mass is 9.97. The van der Waals surface area contributed by atoms with Crippen LogP contribution in [-0.4, -0.2) is 50.8 Å². The minimum Gasteiger partial charge on any atom is -0.497 e. The van der Waals surface area contributed by atoms with Crippen LogP contribution in [0.25, 0.3) is 0 Å². The average Bonchev–Trinajstić information content (AvgIpc) is 2.59. The van der Waals surface area contributed by atoms with Gasteiger partial charge < -0.3 is 19.7 Å². The van der Waals surface area contributed by atoms with E-state index in [9.17, 15) is 9.59 Å². The quantitative estimate of drug-likeness (QED) is 0.866. The molecule has 1 saturated heterocycles. The smallest absolute Gasteiger partial charge is 0.409 e. The van der Waals surface area contributed by atoms with Gasteiger partial charge in [0.15, 0.2) is 0 Å². The van der Waals surface area contributed by atoms with E-state index in [1.54, 1.807) is 30.2 Å². The van der Waals surface area contributed by atoms with Gasteiger partial charge in [-0.05, 0) is 52.9 Å². The zero-order chi connectivity index (χ0) is 16.8. The van der Waals surface area contributed by atoms with E-state index in [1.165, 1.54) is 7.11 Å². The van der Waals surface area contributed by atoms with E-state index in [4.69, 9.17) is 9.47 Å². The van der Waals surface area contributed by atoms with Gasteiger partial charge in [0.25, 0.3) is 5.91 Å². The number of ether oxygens (including phenoxy) is 2. The van der Waals surface area contributed by atoms with E-state index < -0.39 is 0 Å². The Morgan fingerprint density at radius 1 is 1.30 bits per heavy atom. The molecule has 0 unspecified atom stereocenters. The van der Waals surface area contributed by atoms with Gasteiger partial charge in [-0.1, -0.05) is 0 Å². The summed E-state index contributed by atoms with van der Waals surface area (Å²) in [7, 11) is 2.96. The molecule has 1 heterocycles. The van der Waals surface area contributed by atoms with Crippen molar-refractivity contribution in [3.8, 4) is 5.75 Å². The Kier molecular flexibility index (Phi) is 6.27. The average molecular weight is 385 g/mol. The highest BCUT2D eigenvalue weighted by molar-refractivity contribution is 9.10. The predicted molar refractivity (Wildman–Crippen MR) is 89.7 cm³/mol. The monoisotopic (exact) mass is 384 g/mol. The molecular formula is C16H21BrN2O4. The normalized spacial score (nSPS) is 15.2. The summed E-state index contributed by atoms with van der Waals surface area (Å²) >= 11 is 3.38. The second-order valence-electron chi connectivity index (χ2n) is 5.46. The fourth-order valence-electron chi connectivity index (χ4n) is 2.59. The lowest BCUT2D eigenvalue weighted by Crippen LogP contribution is -2.41. The molecule has 0 radical (unpaired) electrons. The van der Waals surface area contributed by atoms with Crippen molar-refractivity contribution in [2.24, 2.45) is 5.92 Å². The minimum absolute atomic E-state index is 0.133. The van der Waals surface area contributed by atoms with E-state index >= 15 is 0 Å². The topological polar surface area (TPSA) is 67.9 Å². The van der Waals surface area contributed by atoms with Gasteiger partial charge in [0.2, 0.25) is 0 Å². The number of hydrogen-bond acceptors (Lipinski definition) is 4. The molecule has 1 aliphatic heterocycles. The summed E-state index contributed by atoms with van der Waals surface area (Å²) in [4.78, 5) is 25.4. The number of likely N-dealkylation sites (tertiary alicyclic amines) is 1. The van der Waals surface area contributed by atoms with Gasteiger partial charge in [-0.2, -0.15) is 0 Å². The first-order valence-corrected chi connectivity index (χ1v) is 8.29. The first-order chi connectivity index (χ1) is 11.0. The molecular weight excluding hydrogens is 364 g/mol. The number of amides is 2. The molecule has 1 fully saturated rings. The molecule has 1 aliphatic rings. The van der Waals surface area contributed by atoms with Gasteiger partial charge in [0.05, 0.1) is 19.8 Å². The number of piperidine rings is 1. The molecule has 2 rings (SSSR count). The number of hydrogen-bond donors (Lipinski definition) is 1. The summed E-state index contributed by atoms with van der Waals surface area (Å²) in [6.07, 6.45) is 1.43. The number of nitrogens with one attached hydrogen (secondary N) is 1. The maximum absolute atomic E-state index is 12.3. The molecule has 0 aliphatic carbocycles. The van der Waals surface area contributed by atoms with Crippen molar-refractivity contribution in [2.75, 3.05) is 33.9 Å². The summed E-state index contributed by atoms with van der Waals surface area (Å²) in [6.45, 7) is 1.92. The second kappa shape index (κ2) is 8.19. The summed E-state index contributed by atoms with van der Waals surface area (Å²) < 4.78 is 10.6. The van der Waals surface area contributed by atoms with Crippen LogP contribution in [0.15, 0.2) is 22.7 Å². The summed E-state index contributed by atoms with van der Waals surface area (Å²) in [5.41, 5.74) is 0.552. The highest BCUT2D eigenvalue weighted by Crippen LogP contribution is 2.23. The zero-order valence-electron chi connectivity index (χ0n) is 13.3. The fraction of sp³-hybridized carbons (Fsp3) is 0.500. The highest BCUT2D eigenvalue weighted by atomic mass is 79.9. The molecule has 0 aromatic heterocycles. The van der Waals surface area contributed by atoms with Crippen LogP contribution in [0.1, 0.15) is 23.2 Å². The summed E-state index contributed by atoms with van der Waals surface area (Å²) in [5.74, 6) is 0.875.